The van der Waals surface area contributed by atoms with Crippen molar-refractivity contribution < 1.29 is 31.7 Å². The van der Waals surface area contributed by atoms with Crippen molar-refractivity contribution >= 4 is 34.3 Å². The number of aromatic nitrogens is 3. The number of nitrogens with zero attached hydrogens (tertiary/aromatic N) is 3. The molecule has 0 bridgehead atoms. The molecule has 2 heterocycles. The Balaban J connectivity index is 1.27. The van der Waals surface area contributed by atoms with Crippen molar-refractivity contribution in [3.8, 4) is 17.2 Å². The highest BCUT2D eigenvalue weighted by molar-refractivity contribution is 6.38. The number of aryl methyl sites for hydroxylation is 1. The molecule has 0 unspecified atom stereocenters. The summed E-state index contributed by atoms with van der Waals surface area (Å²) in [6.45, 7) is 1.69. The Labute approximate surface area is 246 Å². The first-order valence-corrected chi connectivity index (χ1v) is 13.5. The first-order valence-electron chi connectivity index (χ1n) is 13.1. The summed E-state index contributed by atoms with van der Waals surface area (Å²) in [6.07, 6.45) is -4.62. The van der Waals surface area contributed by atoms with Gasteiger partial charge in [0.05, 0.1) is 27.1 Å². The first kappa shape index (κ1) is 28.4. The third-order valence-corrected chi connectivity index (χ3v) is 7.95. The monoisotopic (exact) mass is 611 g/mol. The number of carbonyl (C=O) groups excluding carboxylic acids is 2. The Kier molecular flexibility index (Phi) is 6.76. The molecule has 1 fully saturated rings. The van der Waals surface area contributed by atoms with E-state index in [2.05, 4.69) is 15.5 Å². The van der Waals surface area contributed by atoms with Crippen LogP contribution in [0.25, 0.3) is 28.1 Å². The number of halogens is 5. The third-order valence-electron chi connectivity index (χ3n) is 7.57. The van der Waals surface area contributed by atoms with Crippen LogP contribution in [0.5, 0.6) is 0 Å². The number of amides is 2. The molecule has 0 spiro atoms. The van der Waals surface area contributed by atoms with E-state index in [-0.39, 0.29) is 19.4 Å². The Morgan fingerprint density at radius 1 is 1.12 bits per heavy atom. The number of primary amides is 1. The molecule has 0 saturated heterocycles. The van der Waals surface area contributed by atoms with Crippen molar-refractivity contribution in [1.29, 1.82) is 0 Å². The molecule has 5 aromatic rings. The van der Waals surface area contributed by atoms with Gasteiger partial charge in [-0.1, -0.05) is 47.1 Å². The van der Waals surface area contributed by atoms with Crippen LogP contribution in [0.1, 0.15) is 45.8 Å². The maximum absolute atomic E-state index is 15.2. The molecule has 43 heavy (non-hydrogen) atoms. The summed E-state index contributed by atoms with van der Waals surface area (Å²) in [6, 6.07) is 15.6. The van der Waals surface area contributed by atoms with Crippen LogP contribution >= 0.6 is 11.6 Å². The molecule has 3 N–H and O–H groups in total. The number of nitrogens with one attached hydrogen (secondary N) is 1. The summed E-state index contributed by atoms with van der Waals surface area (Å²) in [5, 5.41) is 7.97. The largest absolute Gasteiger partial charge is 0.416 e. The van der Waals surface area contributed by atoms with Gasteiger partial charge >= 0.3 is 6.18 Å². The summed E-state index contributed by atoms with van der Waals surface area (Å²) in [4.78, 5) is 29.2. The van der Waals surface area contributed by atoms with Gasteiger partial charge in [-0.15, -0.1) is 0 Å². The van der Waals surface area contributed by atoms with E-state index in [1.54, 1.807) is 31.2 Å². The summed E-state index contributed by atoms with van der Waals surface area (Å²) in [7, 11) is 0. The van der Waals surface area contributed by atoms with Crippen LogP contribution in [0.15, 0.2) is 65.2 Å². The van der Waals surface area contributed by atoms with E-state index < -0.39 is 45.9 Å². The van der Waals surface area contributed by atoms with Gasteiger partial charge in [0.15, 0.2) is 0 Å². The molecule has 1 aliphatic carbocycles. The summed E-state index contributed by atoms with van der Waals surface area (Å²) in [5.41, 5.74) is 3.68. The van der Waals surface area contributed by atoms with E-state index in [1.165, 1.54) is 0 Å². The third kappa shape index (κ3) is 4.91. The standard InChI is InChI=1S/C30H22ClF4N5O3/c1-15-38-27(39-43-15)25-23(31)19-4-2-3-5-22(19)40(25)18-8-6-16(7-9-18)14-37-28(42)29(10-11-29)21-13-17(30(33,34)35)12-20(24(21)32)26(36)41/h2-9,12-13H,10-11,14H2,1H3,(H2,36,41)(H,37,42). The first-order chi connectivity index (χ1) is 20.4. The lowest BCUT2D eigenvalue weighted by molar-refractivity contribution is -0.137. The topological polar surface area (TPSA) is 116 Å². The minimum Gasteiger partial charge on any atom is -0.366 e. The molecule has 0 radical (unpaired) electrons. The van der Waals surface area contributed by atoms with Gasteiger partial charge in [-0.3, -0.25) is 9.59 Å². The fourth-order valence-electron chi connectivity index (χ4n) is 5.24. The highest BCUT2D eigenvalue weighted by Gasteiger charge is 2.54. The Morgan fingerprint density at radius 2 is 1.81 bits per heavy atom. The van der Waals surface area contributed by atoms with Crippen LogP contribution in [0, 0.1) is 12.7 Å². The van der Waals surface area contributed by atoms with Crippen molar-refractivity contribution in [2.75, 3.05) is 0 Å². The van der Waals surface area contributed by atoms with Crippen molar-refractivity contribution in [2.45, 2.75) is 37.9 Å². The second-order valence-electron chi connectivity index (χ2n) is 10.3. The molecule has 3 aromatic carbocycles. The van der Waals surface area contributed by atoms with Gasteiger partial charge in [-0.2, -0.15) is 18.2 Å². The molecule has 6 rings (SSSR count). The van der Waals surface area contributed by atoms with Crippen molar-refractivity contribution in [3.63, 3.8) is 0 Å². The molecule has 0 aliphatic heterocycles. The second-order valence-corrected chi connectivity index (χ2v) is 10.7. The molecule has 8 nitrogen and oxygen atoms in total. The number of hydrogen-bond donors (Lipinski definition) is 2. The molecule has 13 heteroatoms. The number of carbonyl (C=O) groups is 2. The number of hydrogen-bond acceptors (Lipinski definition) is 5. The molecule has 1 saturated carbocycles. The SMILES string of the molecule is Cc1nc(-c2c(Cl)c3ccccc3n2-c2ccc(CNC(=O)C3(c4cc(C(F)(F)F)cc(C(N)=O)c4F)CC3)cc2)no1. The number of benzene rings is 3. The Bertz CT molecular complexity index is 1910. The van der Waals surface area contributed by atoms with Gasteiger partial charge < -0.3 is 20.1 Å². The minimum atomic E-state index is -4.86. The van der Waals surface area contributed by atoms with Crippen molar-refractivity contribution in [2.24, 2.45) is 5.73 Å². The van der Waals surface area contributed by atoms with Gasteiger partial charge in [0.2, 0.25) is 17.6 Å². The fourth-order valence-corrected chi connectivity index (χ4v) is 5.56. The second kappa shape index (κ2) is 10.2. The summed E-state index contributed by atoms with van der Waals surface area (Å²) in [5.74, 6) is -2.54. The fraction of sp³-hybridized carbons (Fsp3) is 0.200. The van der Waals surface area contributed by atoms with Gasteiger partial charge in [-0.05, 0) is 48.7 Å². The lowest BCUT2D eigenvalue weighted by Gasteiger charge is -2.20. The highest BCUT2D eigenvalue weighted by Crippen LogP contribution is 2.51. The average molecular weight is 612 g/mol. The van der Waals surface area contributed by atoms with Crippen LogP contribution in [-0.4, -0.2) is 26.5 Å². The Hall–Kier alpha value is -4.71. The number of nitrogens with two attached hydrogens (primary N) is 1. The number of fused-ring (bicyclic) bond motifs is 1. The van der Waals surface area contributed by atoms with Crippen LogP contribution in [0.3, 0.4) is 0 Å². The lowest BCUT2D eigenvalue weighted by atomic mass is 9.90. The van der Waals surface area contributed by atoms with E-state index in [9.17, 15) is 22.8 Å². The summed E-state index contributed by atoms with van der Waals surface area (Å²) >= 11 is 6.74. The van der Waals surface area contributed by atoms with Crippen molar-refractivity contribution in [1.82, 2.24) is 20.0 Å². The van der Waals surface area contributed by atoms with E-state index >= 15 is 4.39 Å². The highest BCUT2D eigenvalue weighted by atomic mass is 35.5. The molecule has 0 atom stereocenters. The predicted octanol–water partition coefficient (Wildman–Crippen LogP) is 6.25. The Morgan fingerprint density at radius 3 is 2.42 bits per heavy atom. The maximum atomic E-state index is 15.2. The molecular formula is C30H22ClF4N5O3. The smallest absolute Gasteiger partial charge is 0.366 e. The quantitative estimate of drug-likeness (QED) is 0.211. The van der Waals surface area contributed by atoms with E-state index in [0.717, 1.165) is 16.6 Å². The molecule has 2 amide bonds. The van der Waals surface area contributed by atoms with E-state index in [4.69, 9.17) is 21.9 Å². The van der Waals surface area contributed by atoms with Gasteiger partial charge in [-0.25, -0.2) is 4.39 Å². The zero-order chi connectivity index (χ0) is 30.7. The molecular weight excluding hydrogens is 590 g/mol. The van der Waals surface area contributed by atoms with Crippen LogP contribution in [0.4, 0.5) is 17.6 Å². The van der Waals surface area contributed by atoms with Crippen molar-refractivity contribution in [3.05, 3.63) is 99.6 Å². The number of rotatable bonds is 7. The number of alkyl halides is 3. The van der Waals surface area contributed by atoms with Crippen LogP contribution in [-0.2, 0) is 22.9 Å². The molecule has 220 valence electrons. The molecule has 1 aliphatic rings. The lowest BCUT2D eigenvalue weighted by Crippen LogP contribution is -2.35. The van der Waals surface area contributed by atoms with Gasteiger partial charge in [0.25, 0.3) is 5.91 Å². The van der Waals surface area contributed by atoms with E-state index in [0.29, 0.717) is 40.1 Å². The zero-order valence-corrected chi connectivity index (χ0v) is 23.2. The predicted molar refractivity (Wildman–Crippen MR) is 149 cm³/mol. The van der Waals surface area contributed by atoms with E-state index in [1.807, 2.05) is 28.8 Å². The zero-order valence-electron chi connectivity index (χ0n) is 22.4. The minimum absolute atomic E-state index is 0.0220. The van der Waals surface area contributed by atoms with Crippen LogP contribution in [0.2, 0.25) is 5.02 Å². The van der Waals surface area contributed by atoms with Gasteiger partial charge in [0, 0.05) is 30.1 Å². The van der Waals surface area contributed by atoms with Gasteiger partial charge in [0.1, 0.15) is 11.5 Å². The summed E-state index contributed by atoms with van der Waals surface area (Å²) < 4.78 is 62.7. The average Bonchev–Trinajstić information content (AvgIpc) is 3.59. The number of para-hydroxylation sites is 1. The van der Waals surface area contributed by atoms with Crippen LogP contribution < -0.4 is 11.1 Å². The maximum Gasteiger partial charge on any atom is 0.416 e. The molecule has 2 aromatic heterocycles. The normalized spacial score (nSPS) is 14.2.